The second-order valence-corrected chi connectivity index (χ2v) is 8.09. The standard InChI is InChI=1S/C19H21N3O2S/c23-25(24)18-11-5-3-9-16(18)19(21-25)20-14-15-8-2-4-10-17(15)22-12-6-1-7-13-22/h2-5,8-11H,1,6-7,12-14H2,(H,20,21). The van der Waals surface area contributed by atoms with Gasteiger partial charge in [-0.05, 0) is 43.0 Å². The van der Waals surface area contributed by atoms with E-state index >= 15 is 0 Å². The van der Waals surface area contributed by atoms with Crippen molar-refractivity contribution < 1.29 is 8.42 Å². The van der Waals surface area contributed by atoms with E-state index in [9.17, 15) is 8.42 Å². The molecule has 1 fully saturated rings. The molecule has 0 amide bonds. The molecule has 2 aromatic rings. The Morgan fingerprint density at radius 3 is 2.52 bits per heavy atom. The Labute approximate surface area is 148 Å². The lowest BCUT2D eigenvalue weighted by molar-refractivity contribution is 0.576. The van der Waals surface area contributed by atoms with Gasteiger partial charge in [0.25, 0.3) is 10.0 Å². The van der Waals surface area contributed by atoms with Crippen LogP contribution in [-0.4, -0.2) is 27.3 Å². The van der Waals surface area contributed by atoms with Gasteiger partial charge in [0.2, 0.25) is 0 Å². The number of para-hydroxylation sites is 1. The van der Waals surface area contributed by atoms with E-state index in [-0.39, 0.29) is 0 Å². The third-order valence-corrected chi connectivity index (χ3v) is 6.16. The molecule has 1 N–H and O–H groups in total. The monoisotopic (exact) mass is 355 g/mol. The van der Waals surface area contributed by atoms with Gasteiger partial charge >= 0.3 is 0 Å². The minimum Gasteiger partial charge on any atom is -0.371 e. The van der Waals surface area contributed by atoms with Gasteiger partial charge in [-0.25, -0.2) is 8.42 Å². The Hall–Kier alpha value is -2.34. The number of nitrogens with one attached hydrogen (secondary N) is 1. The largest absolute Gasteiger partial charge is 0.371 e. The van der Waals surface area contributed by atoms with Crippen LogP contribution in [0.4, 0.5) is 5.69 Å². The minimum absolute atomic E-state index is 0.304. The molecule has 1 saturated heterocycles. The molecule has 0 radical (unpaired) electrons. The van der Waals surface area contributed by atoms with Crippen molar-refractivity contribution in [1.29, 1.82) is 0 Å². The zero-order chi connectivity index (χ0) is 17.3. The number of anilines is 1. The molecule has 2 heterocycles. The van der Waals surface area contributed by atoms with E-state index in [2.05, 4.69) is 26.7 Å². The summed E-state index contributed by atoms with van der Waals surface area (Å²) < 4.78 is 27.0. The van der Waals surface area contributed by atoms with Gasteiger partial charge in [-0.2, -0.15) is 0 Å². The minimum atomic E-state index is -3.48. The molecule has 2 aliphatic heterocycles. The fourth-order valence-corrected chi connectivity index (χ4v) is 4.75. The topological polar surface area (TPSA) is 61.8 Å². The van der Waals surface area contributed by atoms with Crippen LogP contribution in [0.2, 0.25) is 0 Å². The lowest BCUT2D eigenvalue weighted by Crippen LogP contribution is -2.30. The zero-order valence-electron chi connectivity index (χ0n) is 14.0. The van der Waals surface area contributed by atoms with Crippen LogP contribution < -0.4 is 9.62 Å². The van der Waals surface area contributed by atoms with E-state index in [1.165, 1.54) is 24.9 Å². The summed E-state index contributed by atoms with van der Waals surface area (Å²) in [5.74, 6) is 0.434. The van der Waals surface area contributed by atoms with Crippen LogP contribution in [0.25, 0.3) is 0 Å². The first kappa shape index (κ1) is 16.1. The Morgan fingerprint density at radius 1 is 0.960 bits per heavy atom. The van der Waals surface area contributed by atoms with Crippen molar-refractivity contribution in [1.82, 2.24) is 4.72 Å². The molecule has 0 unspecified atom stereocenters. The van der Waals surface area contributed by atoms with Gasteiger partial charge in [-0.3, -0.25) is 9.71 Å². The predicted molar refractivity (Wildman–Crippen MR) is 99.5 cm³/mol. The summed E-state index contributed by atoms with van der Waals surface area (Å²) in [6.07, 6.45) is 3.73. The van der Waals surface area contributed by atoms with Crippen molar-refractivity contribution in [3.63, 3.8) is 0 Å². The molecule has 4 rings (SSSR count). The van der Waals surface area contributed by atoms with E-state index in [0.717, 1.165) is 18.7 Å². The van der Waals surface area contributed by atoms with Crippen LogP contribution >= 0.6 is 0 Å². The van der Waals surface area contributed by atoms with Crippen molar-refractivity contribution in [2.45, 2.75) is 30.7 Å². The second-order valence-electron chi connectivity index (χ2n) is 6.44. The highest BCUT2D eigenvalue weighted by molar-refractivity contribution is 7.90. The van der Waals surface area contributed by atoms with Crippen LogP contribution in [0.5, 0.6) is 0 Å². The van der Waals surface area contributed by atoms with Crippen molar-refractivity contribution in [2.75, 3.05) is 18.0 Å². The maximum absolute atomic E-state index is 12.2. The van der Waals surface area contributed by atoms with Gasteiger partial charge in [0.15, 0.2) is 0 Å². The average Bonchev–Trinajstić information content (AvgIpc) is 2.92. The number of hydrogen-bond acceptors (Lipinski definition) is 4. The summed E-state index contributed by atoms with van der Waals surface area (Å²) in [6, 6.07) is 15.2. The quantitative estimate of drug-likeness (QED) is 0.921. The van der Waals surface area contributed by atoms with Crippen molar-refractivity contribution in [3.05, 3.63) is 59.7 Å². The van der Waals surface area contributed by atoms with E-state index in [4.69, 9.17) is 0 Å². The molecular formula is C19H21N3O2S. The lowest BCUT2D eigenvalue weighted by atomic mass is 10.1. The Bertz CT molecular complexity index is 916. The molecule has 0 atom stereocenters. The lowest BCUT2D eigenvalue weighted by Gasteiger charge is -2.30. The van der Waals surface area contributed by atoms with Crippen LogP contribution in [0.1, 0.15) is 30.4 Å². The molecule has 0 saturated carbocycles. The van der Waals surface area contributed by atoms with E-state index in [1.54, 1.807) is 18.2 Å². The molecule has 0 aliphatic carbocycles. The first-order valence-corrected chi connectivity index (χ1v) is 10.1. The molecule has 0 aromatic heterocycles. The fraction of sp³-hybridized carbons (Fsp3) is 0.316. The van der Waals surface area contributed by atoms with Gasteiger partial charge in [-0.1, -0.05) is 30.3 Å². The highest BCUT2D eigenvalue weighted by Gasteiger charge is 2.30. The number of hydrogen-bond donors (Lipinski definition) is 1. The SMILES string of the molecule is O=S1(=O)NC(=NCc2ccccc2N2CCCCC2)c2ccccc21. The maximum Gasteiger partial charge on any atom is 0.263 e. The Balaban J connectivity index is 1.63. The number of sulfonamides is 1. The van der Waals surface area contributed by atoms with Crippen LogP contribution in [0.15, 0.2) is 58.4 Å². The van der Waals surface area contributed by atoms with E-state index in [0.29, 0.717) is 22.8 Å². The fourth-order valence-electron chi connectivity index (χ4n) is 3.50. The van der Waals surface area contributed by atoms with Crippen LogP contribution in [0, 0.1) is 0 Å². The zero-order valence-corrected chi connectivity index (χ0v) is 14.8. The van der Waals surface area contributed by atoms with Gasteiger partial charge in [0.05, 0.1) is 11.4 Å². The summed E-state index contributed by atoms with van der Waals surface area (Å²) in [5.41, 5.74) is 2.99. The number of aliphatic imine (C=N–C) groups is 1. The van der Waals surface area contributed by atoms with Gasteiger partial charge in [-0.15, -0.1) is 0 Å². The van der Waals surface area contributed by atoms with Crippen LogP contribution in [0.3, 0.4) is 0 Å². The van der Waals surface area contributed by atoms with Crippen molar-refractivity contribution in [3.8, 4) is 0 Å². The summed E-state index contributed by atoms with van der Waals surface area (Å²) in [5, 5.41) is 0. The summed E-state index contributed by atoms with van der Waals surface area (Å²) in [6.45, 7) is 2.60. The number of benzene rings is 2. The summed E-state index contributed by atoms with van der Waals surface area (Å²) in [7, 11) is -3.48. The molecule has 2 aliphatic rings. The molecule has 130 valence electrons. The van der Waals surface area contributed by atoms with Crippen LogP contribution in [-0.2, 0) is 16.6 Å². The molecule has 0 spiro atoms. The van der Waals surface area contributed by atoms with E-state index in [1.807, 2.05) is 18.2 Å². The summed E-state index contributed by atoms with van der Waals surface area (Å²) in [4.78, 5) is 7.30. The van der Waals surface area contributed by atoms with Gasteiger partial charge < -0.3 is 4.90 Å². The molecular weight excluding hydrogens is 334 g/mol. The first-order valence-electron chi connectivity index (χ1n) is 8.65. The summed E-state index contributed by atoms with van der Waals surface area (Å²) >= 11 is 0. The first-order chi connectivity index (χ1) is 12.1. The number of nitrogens with zero attached hydrogens (tertiary/aromatic N) is 2. The molecule has 0 bridgehead atoms. The van der Waals surface area contributed by atoms with Crippen molar-refractivity contribution >= 4 is 21.5 Å². The highest BCUT2D eigenvalue weighted by atomic mass is 32.2. The second kappa shape index (κ2) is 6.52. The molecule has 25 heavy (non-hydrogen) atoms. The highest BCUT2D eigenvalue weighted by Crippen LogP contribution is 2.26. The average molecular weight is 355 g/mol. The number of amidine groups is 1. The molecule has 5 nitrogen and oxygen atoms in total. The number of piperidine rings is 1. The number of rotatable bonds is 3. The smallest absolute Gasteiger partial charge is 0.263 e. The normalized spacial score (nSPS) is 20.3. The maximum atomic E-state index is 12.2. The third kappa shape index (κ3) is 3.14. The van der Waals surface area contributed by atoms with Gasteiger partial charge in [0, 0.05) is 24.3 Å². The Kier molecular flexibility index (Phi) is 4.21. The third-order valence-electron chi connectivity index (χ3n) is 4.76. The van der Waals surface area contributed by atoms with E-state index < -0.39 is 10.0 Å². The predicted octanol–water partition coefficient (Wildman–Crippen LogP) is 2.92. The number of fused-ring (bicyclic) bond motifs is 1. The van der Waals surface area contributed by atoms with Crippen molar-refractivity contribution in [2.24, 2.45) is 4.99 Å². The molecule has 6 heteroatoms. The van der Waals surface area contributed by atoms with Gasteiger partial charge in [0.1, 0.15) is 5.84 Å². The Morgan fingerprint density at radius 2 is 1.68 bits per heavy atom. The molecule has 2 aromatic carbocycles.